The van der Waals surface area contributed by atoms with Gasteiger partial charge in [-0.25, -0.2) is 0 Å². The summed E-state index contributed by atoms with van der Waals surface area (Å²) in [6.45, 7) is 7.21. The molecule has 0 unspecified atom stereocenters. The van der Waals surface area contributed by atoms with E-state index in [1.165, 1.54) is 6.08 Å². The predicted octanol–water partition coefficient (Wildman–Crippen LogP) is 3.57. The molecule has 0 saturated carbocycles. The molecule has 2 heterocycles. The van der Waals surface area contributed by atoms with E-state index in [2.05, 4.69) is 42.0 Å². The number of fused-ring (bicyclic) bond motifs is 1. The number of carbonyl (C=O) groups excluding carboxylic acids is 1. The molecule has 0 saturated heterocycles. The lowest BCUT2D eigenvalue weighted by atomic mass is 10.1. The molecule has 4 rings (SSSR count). The maximum atomic E-state index is 12.2. The number of nitrogens with one attached hydrogen (secondary N) is 2. The van der Waals surface area contributed by atoms with Crippen molar-refractivity contribution in [3.8, 4) is 5.95 Å². The van der Waals surface area contributed by atoms with Crippen molar-refractivity contribution >= 4 is 45.8 Å². The summed E-state index contributed by atoms with van der Waals surface area (Å²) in [6.07, 6.45) is 3.15. The maximum absolute atomic E-state index is 12.2. The number of likely N-dealkylation sites (N-methyl/N-ethyl adjacent to an activating group) is 2. The Balaban J connectivity index is 1.69. The number of carbonyl (C=O) groups is 1. The second kappa shape index (κ2) is 10.4. The van der Waals surface area contributed by atoms with Crippen LogP contribution in [0.3, 0.4) is 0 Å². The summed E-state index contributed by atoms with van der Waals surface area (Å²) in [7, 11) is 6.05. The lowest BCUT2D eigenvalue weighted by Crippen LogP contribution is -2.29. The quantitative estimate of drug-likeness (QED) is 0.308. The first-order valence-corrected chi connectivity index (χ1v) is 11.5. The molecule has 0 aliphatic heterocycles. The number of benzene rings is 2. The van der Waals surface area contributed by atoms with E-state index in [0.717, 1.165) is 40.9 Å². The molecule has 0 aliphatic carbocycles. The summed E-state index contributed by atoms with van der Waals surface area (Å²) in [4.78, 5) is 29.6. The minimum atomic E-state index is -0.293. The van der Waals surface area contributed by atoms with Crippen molar-refractivity contribution in [3.63, 3.8) is 0 Å². The van der Waals surface area contributed by atoms with E-state index >= 15 is 0 Å². The zero-order valence-electron chi connectivity index (χ0n) is 21.0. The van der Waals surface area contributed by atoms with Gasteiger partial charge in [-0.1, -0.05) is 24.8 Å². The molecule has 36 heavy (non-hydrogen) atoms. The molecule has 10 nitrogen and oxygen atoms in total. The average molecular weight is 486 g/mol. The summed E-state index contributed by atoms with van der Waals surface area (Å²) in [5.74, 6) is 0.508. The van der Waals surface area contributed by atoms with Crippen molar-refractivity contribution in [2.24, 2.45) is 0 Å². The van der Waals surface area contributed by atoms with Crippen LogP contribution >= 0.6 is 0 Å². The second-order valence-electron chi connectivity index (χ2n) is 8.79. The van der Waals surface area contributed by atoms with E-state index in [1.807, 2.05) is 81.3 Å². The zero-order chi connectivity index (χ0) is 25.8. The number of aryl methyl sites for hydroxylation is 1. The molecule has 0 bridgehead atoms. The van der Waals surface area contributed by atoms with Gasteiger partial charge in [-0.15, -0.1) is 0 Å². The standard InChI is InChI=1S/C26H31N9O/c1-6-23(36)28-20-16-19(17(2)15-22(20)34(5)14-13-33(3)4)29-25-30-24(27)31-26(32-25)35-12-11-18-9-7-8-10-21(18)35/h6-12,15-16H,1,13-14H2,2-5H3,(H,28,36)(H3,27,29,30,31,32). The molecule has 0 atom stereocenters. The highest BCUT2D eigenvalue weighted by molar-refractivity contribution is 6.02. The van der Waals surface area contributed by atoms with E-state index < -0.39 is 0 Å². The molecule has 0 fully saturated rings. The van der Waals surface area contributed by atoms with Crippen LogP contribution in [-0.2, 0) is 4.79 Å². The van der Waals surface area contributed by atoms with Gasteiger partial charge in [-0.05, 0) is 56.9 Å². The van der Waals surface area contributed by atoms with Gasteiger partial charge in [0.05, 0.1) is 16.9 Å². The molecule has 2 aromatic heterocycles. The second-order valence-corrected chi connectivity index (χ2v) is 8.79. The zero-order valence-corrected chi connectivity index (χ0v) is 21.0. The van der Waals surface area contributed by atoms with E-state index in [1.54, 1.807) is 0 Å². The molecule has 1 amide bonds. The summed E-state index contributed by atoms with van der Waals surface area (Å²) >= 11 is 0. The topological polar surface area (TPSA) is 117 Å². The number of nitrogen functional groups attached to an aromatic ring is 1. The van der Waals surface area contributed by atoms with E-state index in [9.17, 15) is 4.79 Å². The number of nitrogens with zero attached hydrogens (tertiary/aromatic N) is 6. The molecule has 0 aliphatic rings. The van der Waals surface area contributed by atoms with E-state index in [0.29, 0.717) is 17.6 Å². The lowest BCUT2D eigenvalue weighted by Gasteiger charge is -2.25. The smallest absolute Gasteiger partial charge is 0.247 e. The summed E-state index contributed by atoms with van der Waals surface area (Å²) in [5, 5.41) is 7.23. The highest BCUT2D eigenvalue weighted by Gasteiger charge is 2.15. The molecule has 0 radical (unpaired) electrons. The van der Waals surface area contributed by atoms with Crippen LogP contribution in [0, 0.1) is 6.92 Å². The molecular weight excluding hydrogens is 454 g/mol. The largest absolute Gasteiger partial charge is 0.372 e. The first-order valence-electron chi connectivity index (χ1n) is 11.5. The van der Waals surface area contributed by atoms with Crippen LogP contribution in [0.5, 0.6) is 0 Å². The van der Waals surface area contributed by atoms with Crippen LogP contribution in [0.15, 0.2) is 61.3 Å². The number of para-hydroxylation sites is 1. The number of rotatable bonds is 9. The van der Waals surface area contributed by atoms with Gasteiger partial charge in [0.15, 0.2) is 0 Å². The van der Waals surface area contributed by atoms with Crippen molar-refractivity contribution in [1.29, 1.82) is 0 Å². The molecule has 186 valence electrons. The Morgan fingerprint density at radius 1 is 1.08 bits per heavy atom. The third-order valence-electron chi connectivity index (χ3n) is 5.78. The van der Waals surface area contributed by atoms with Gasteiger partial charge in [0.1, 0.15) is 0 Å². The SMILES string of the molecule is C=CC(=O)Nc1cc(Nc2nc(N)nc(-n3ccc4ccccc43)n2)c(C)cc1N(C)CCN(C)C. The Morgan fingerprint density at radius 3 is 2.61 bits per heavy atom. The van der Waals surface area contributed by atoms with Crippen LogP contribution in [0.2, 0.25) is 0 Å². The van der Waals surface area contributed by atoms with Gasteiger partial charge in [-0.2, -0.15) is 15.0 Å². The highest BCUT2D eigenvalue weighted by atomic mass is 16.1. The van der Waals surface area contributed by atoms with Crippen LogP contribution in [0.4, 0.5) is 29.0 Å². The van der Waals surface area contributed by atoms with Crippen LogP contribution in [-0.4, -0.2) is 64.6 Å². The Bertz CT molecular complexity index is 1410. The minimum absolute atomic E-state index is 0.0955. The number of anilines is 5. The summed E-state index contributed by atoms with van der Waals surface area (Å²) < 4.78 is 1.87. The summed E-state index contributed by atoms with van der Waals surface area (Å²) in [6, 6.07) is 13.8. The van der Waals surface area contributed by atoms with E-state index in [-0.39, 0.29) is 11.9 Å². The monoisotopic (exact) mass is 485 g/mol. The molecule has 2 aromatic carbocycles. The Hall–Kier alpha value is -4.44. The summed E-state index contributed by atoms with van der Waals surface area (Å²) in [5.41, 5.74) is 10.2. The molecule has 0 spiro atoms. The van der Waals surface area contributed by atoms with Gasteiger partial charge in [0.2, 0.25) is 23.8 Å². The number of hydrogen-bond acceptors (Lipinski definition) is 8. The first kappa shape index (κ1) is 24.7. The Labute approximate surface area is 210 Å². The molecule has 4 N–H and O–H groups in total. The van der Waals surface area contributed by atoms with Crippen LogP contribution in [0.25, 0.3) is 16.9 Å². The third kappa shape index (κ3) is 5.44. The van der Waals surface area contributed by atoms with Gasteiger partial charge in [0.25, 0.3) is 0 Å². The van der Waals surface area contributed by atoms with Crippen molar-refractivity contribution in [2.75, 3.05) is 55.5 Å². The molecule has 4 aromatic rings. The molecule has 10 heteroatoms. The van der Waals surface area contributed by atoms with Gasteiger partial charge in [0, 0.05) is 37.4 Å². The Kier molecular flexibility index (Phi) is 7.16. The lowest BCUT2D eigenvalue weighted by molar-refractivity contribution is -0.111. The van der Waals surface area contributed by atoms with Gasteiger partial charge >= 0.3 is 0 Å². The fourth-order valence-corrected chi connectivity index (χ4v) is 3.82. The van der Waals surface area contributed by atoms with Gasteiger partial charge in [-0.3, -0.25) is 9.36 Å². The number of hydrogen-bond donors (Lipinski definition) is 3. The Morgan fingerprint density at radius 2 is 1.86 bits per heavy atom. The normalized spacial score (nSPS) is 11.0. The highest BCUT2D eigenvalue weighted by Crippen LogP contribution is 2.33. The van der Waals surface area contributed by atoms with Crippen molar-refractivity contribution < 1.29 is 4.79 Å². The third-order valence-corrected chi connectivity index (χ3v) is 5.78. The average Bonchev–Trinajstić information content (AvgIpc) is 3.28. The first-order chi connectivity index (χ1) is 17.2. The molecular formula is C26H31N9O. The predicted molar refractivity (Wildman–Crippen MR) is 146 cm³/mol. The number of aromatic nitrogens is 4. The fraction of sp³-hybridized carbons (Fsp3) is 0.231. The van der Waals surface area contributed by atoms with Crippen molar-refractivity contribution in [1.82, 2.24) is 24.4 Å². The van der Waals surface area contributed by atoms with Crippen molar-refractivity contribution in [2.45, 2.75) is 6.92 Å². The fourth-order valence-electron chi connectivity index (χ4n) is 3.82. The van der Waals surface area contributed by atoms with E-state index in [4.69, 9.17) is 5.73 Å². The van der Waals surface area contributed by atoms with Crippen molar-refractivity contribution in [3.05, 3.63) is 66.9 Å². The van der Waals surface area contributed by atoms with Crippen LogP contribution in [0.1, 0.15) is 5.56 Å². The number of amides is 1. The van der Waals surface area contributed by atoms with Gasteiger partial charge < -0.3 is 26.2 Å². The minimum Gasteiger partial charge on any atom is -0.372 e. The maximum Gasteiger partial charge on any atom is 0.247 e. The van der Waals surface area contributed by atoms with Crippen LogP contribution < -0.4 is 21.3 Å². The number of nitrogens with two attached hydrogens (primary N) is 1.